The molecule has 0 bridgehead atoms. The van der Waals surface area contributed by atoms with E-state index in [1.807, 2.05) is 0 Å². The Bertz CT molecular complexity index is 711. The fourth-order valence-electron chi connectivity index (χ4n) is 4.07. The molecule has 2 aliphatic carbocycles. The highest BCUT2D eigenvalue weighted by atomic mass is 32.3. The predicted octanol–water partition coefficient (Wildman–Crippen LogP) is 5.51. The number of aryl methyl sites for hydroxylation is 1. The number of benzene rings is 2. The van der Waals surface area contributed by atoms with E-state index in [9.17, 15) is 0 Å². The third kappa shape index (κ3) is 1.98. The molecule has 2 aromatic carbocycles. The van der Waals surface area contributed by atoms with Crippen molar-refractivity contribution >= 4 is 16.1 Å². The summed E-state index contributed by atoms with van der Waals surface area (Å²) in [7, 11) is -0.752. The lowest BCUT2D eigenvalue weighted by molar-refractivity contribution is 0.875. The third-order valence-electron chi connectivity index (χ3n) is 5.22. The second-order valence-corrected chi connectivity index (χ2v) is 10.7. The van der Waals surface area contributed by atoms with Gasteiger partial charge >= 0.3 is 0 Å². The van der Waals surface area contributed by atoms with Crippen LogP contribution in [0.3, 0.4) is 0 Å². The lowest BCUT2D eigenvalue weighted by Gasteiger charge is -2.43. The van der Waals surface area contributed by atoms with E-state index in [1.165, 1.54) is 18.4 Å². The third-order valence-corrected chi connectivity index (χ3v) is 8.89. The first-order chi connectivity index (χ1) is 10.2. The minimum Gasteiger partial charge on any atom is -0.230 e. The van der Waals surface area contributed by atoms with Gasteiger partial charge in [-0.25, -0.2) is 10.0 Å². The van der Waals surface area contributed by atoms with E-state index in [0.29, 0.717) is 5.25 Å². The fraction of sp³-hybridized carbons (Fsp3) is 0.300. The Kier molecular flexibility index (Phi) is 3.00. The molecule has 108 valence electrons. The van der Waals surface area contributed by atoms with E-state index in [1.54, 1.807) is 16.7 Å². The summed E-state index contributed by atoms with van der Waals surface area (Å²) in [6.07, 6.45) is 12.5. The van der Waals surface area contributed by atoms with Crippen molar-refractivity contribution < 1.29 is 0 Å². The maximum atomic E-state index is 2.54. The van der Waals surface area contributed by atoms with E-state index >= 15 is 0 Å². The normalized spacial score (nSPS) is 23.9. The minimum atomic E-state index is -0.752. The molecule has 2 aliphatic rings. The predicted molar refractivity (Wildman–Crippen MR) is 95.2 cm³/mol. The van der Waals surface area contributed by atoms with E-state index in [4.69, 9.17) is 0 Å². The van der Waals surface area contributed by atoms with Crippen molar-refractivity contribution in [2.45, 2.75) is 23.3 Å². The van der Waals surface area contributed by atoms with Crippen LogP contribution in [0.5, 0.6) is 0 Å². The summed E-state index contributed by atoms with van der Waals surface area (Å²) < 4.78 is 0. The van der Waals surface area contributed by atoms with Crippen LogP contribution in [0.25, 0.3) is 6.08 Å². The first-order valence-corrected chi connectivity index (χ1v) is 10.3. The molecule has 0 aromatic heterocycles. The van der Waals surface area contributed by atoms with Gasteiger partial charge in [0.15, 0.2) is 0 Å². The van der Waals surface area contributed by atoms with Crippen LogP contribution >= 0.6 is 10.0 Å². The van der Waals surface area contributed by atoms with Crippen molar-refractivity contribution in [2.24, 2.45) is 0 Å². The molecular formula is C20H22S. The van der Waals surface area contributed by atoms with Crippen LogP contribution in [0.15, 0.2) is 54.6 Å². The highest BCUT2D eigenvalue weighted by Crippen LogP contribution is 2.69. The zero-order valence-corrected chi connectivity index (χ0v) is 13.6. The maximum absolute atomic E-state index is 2.54. The zero-order chi connectivity index (χ0) is 14.4. The van der Waals surface area contributed by atoms with E-state index < -0.39 is 10.0 Å². The molecule has 0 amide bonds. The molecule has 4 rings (SSSR count). The molecule has 2 aromatic rings. The summed E-state index contributed by atoms with van der Waals surface area (Å²) >= 11 is 0. The van der Waals surface area contributed by atoms with Crippen LogP contribution in [0.2, 0.25) is 0 Å². The lowest BCUT2D eigenvalue weighted by Crippen LogP contribution is -2.13. The number of hydrogen-bond donors (Lipinski definition) is 0. The monoisotopic (exact) mass is 294 g/mol. The van der Waals surface area contributed by atoms with E-state index in [-0.39, 0.29) is 0 Å². The molecule has 0 spiro atoms. The van der Waals surface area contributed by atoms with Gasteiger partial charge in [-0.05, 0) is 47.6 Å². The maximum Gasteiger partial charge on any atom is 0.0331 e. The van der Waals surface area contributed by atoms with Crippen LogP contribution in [0.1, 0.15) is 39.2 Å². The smallest absolute Gasteiger partial charge is 0.0331 e. The van der Waals surface area contributed by atoms with Crippen molar-refractivity contribution in [3.05, 3.63) is 76.9 Å². The highest BCUT2D eigenvalue weighted by molar-refractivity contribution is 8.33. The van der Waals surface area contributed by atoms with E-state index in [2.05, 4.69) is 73.2 Å². The summed E-state index contributed by atoms with van der Waals surface area (Å²) in [6.45, 7) is 0. The Balaban J connectivity index is 1.74. The van der Waals surface area contributed by atoms with Crippen molar-refractivity contribution in [1.82, 2.24) is 0 Å². The lowest BCUT2D eigenvalue weighted by atomic mass is 10.1. The Morgan fingerprint density at radius 2 is 1.62 bits per heavy atom. The number of fused-ring (bicyclic) bond motifs is 2. The van der Waals surface area contributed by atoms with Crippen LogP contribution in [-0.2, 0) is 6.42 Å². The first kappa shape index (κ1) is 13.2. The Morgan fingerprint density at radius 1 is 0.905 bits per heavy atom. The Morgan fingerprint density at radius 3 is 2.48 bits per heavy atom. The molecule has 0 fully saturated rings. The van der Waals surface area contributed by atoms with Crippen LogP contribution in [0, 0.1) is 0 Å². The molecule has 0 radical (unpaired) electrons. The molecule has 1 heteroatoms. The molecule has 21 heavy (non-hydrogen) atoms. The van der Waals surface area contributed by atoms with Crippen LogP contribution < -0.4 is 0 Å². The average molecular weight is 294 g/mol. The van der Waals surface area contributed by atoms with Gasteiger partial charge in [-0.15, -0.1) is 0 Å². The zero-order valence-electron chi connectivity index (χ0n) is 12.8. The Labute approximate surface area is 129 Å². The Hall–Kier alpha value is -1.47. The van der Waals surface area contributed by atoms with Gasteiger partial charge in [0, 0.05) is 10.5 Å². The molecule has 2 unspecified atom stereocenters. The van der Waals surface area contributed by atoms with Crippen LogP contribution in [-0.4, -0.2) is 12.5 Å². The van der Waals surface area contributed by atoms with Gasteiger partial charge in [0.2, 0.25) is 0 Å². The van der Waals surface area contributed by atoms with Gasteiger partial charge in [-0.1, -0.05) is 60.7 Å². The summed E-state index contributed by atoms with van der Waals surface area (Å²) in [5, 5.41) is 1.36. The molecule has 0 heterocycles. The van der Waals surface area contributed by atoms with Crippen molar-refractivity contribution in [3.8, 4) is 0 Å². The van der Waals surface area contributed by atoms with Gasteiger partial charge < -0.3 is 0 Å². The van der Waals surface area contributed by atoms with E-state index in [0.717, 1.165) is 5.25 Å². The number of hydrogen-bond acceptors (Lipinski definition) is 0. The van der Waals surface area contributed by atoms with Crippen molar-refractivity contribution in [2.75, 3.05) is 12.5 Å². The molecule has 0 nitrogen and oxygen atoms in total. The molecule has 0 saturated carbocycles. The average Bonchev–Trinajstić information content (AvgIpc) is 3.12. The van der Waals surface area contributed by atoms with Gasteiger partial charge in [0.05, 0.1) is 0 Å². The SMILES string of the molecule is CS(C)(C1C=Cc2ccccc21)C1CCc2ccccc21. The van der Waals surface area contributed by atoms with Gasteiger partial charge in [0.25, 0.3) is 0 Å². The summed E-state index contributed by atoms with van der Waals surface area (Å²) in [5.74, 6) is 0. The second kappa shape index (κ2) is 4.78. The van der Waals surface area contributed by atoms with Crippen molar-refractivity contribution in [1.29, 1.82) is 0 Å². The molecule has 0 saturated heterocycles. The number of rotatable bonds is 2. The minimum absolute atomic E-state index is 0.616. The molecule has 0 N–H and O–H groups in total. The molecular weight excluding hydrogens is 272 g/mol. The second-order valence-electron chi connectivity index (χ2n) is 6.62. The molecule has 0 aliphatic heterocycles. The topological polar surface area (TPSA) is 0 Å². The van der Waals surface area contributed by atoms with Gasteiger partial charge in [-0.2, -0.15) is 0 Å². The largest absolute Gasteiger partial charge is 0.230 e. The highest BCUT2D eigenvalue weighted by Gasteiger charge is 2.38. The summed E-state index contributed by atoms with van der Waals surface area (Å²) in [6, 6.07) is 18.0. The summed E-state index contributed by atoms with van der Waals surface area (Å²) in [5.41, 5.74) is 6.17. The van der Waals surface area contributed by atoms with Gasteiger partial charge in [0.1, 0.15) is 0 Å². The molecule has 2 atom stereocenters. The fourth-order valence-corrected chi connectivity index (χ4v) is 7.39. The quantitative estimate of drug-likeness (QED) is 0.685. The van der Waals surface area contributed by atoms with Crippen molar-refractivity contribution in [3.63, 3.8) is 0 Å². The first-order valence-electron chi connectivity index (χ1n) is 7.74. The van der Waals surface area contributed by atoms with Crippen LogP contribution in [0.4, 0.5) is 0 Å². The van der Waals surface area contributed by atoms with Gasteiger partial charge in [-0.3, -0.25) is 0 Å². The standard InChI is InChI=1S/C20H22S/c1-21(2,19-13-11-15-7-3-5-9-17(15)19)20-14-12-16-8-4-6-10-18(16)20/h3-11,13,19-20H,12,14H2,1-2H3. The summed E-state index contributed by atoms with van der Waals surface area (Å²) in [4.78, 5) is 0.